The number of fused-ring (bicyclic) bond motifs is 5. The molecule has 2 saturated carbocycles. The van der Waals surface area contributed by atoms with Crippen LogP contribution in [0, 0.1) is 23.7 Å². The van der Waals surface area contributed by atoms with Crippen LogP contribution >= 0.6 is 47.8 Å². The molecule has 1 saturated heterocycles. The Morgan fingerprint density at radius 3 is 2.14 bits per heavy atom. The van der Waals surface area contributed by atoms with Crippen molar-refractivity contribution in [1.29, 1.82) is 0 Å². The fourth-order valence-electron chi connectivity index (χ4n) is 4.62. The van der Waals surface area contributed by atoms with Crippen LogP contribution in [0.4, 0.5) is 5.69 Å². The first-order chi connectivity index (χ1) is 13.8. The third kappa shape index (κ3) is 3.79. The molecule has 1 aromatic rings. The lowest BCUT2D eigenvalue weighted by Crippen LogP contribution is -2.38. The van der Waals surface area contributed by atoms with Crippen LogP contribution in [0.25, 0.3) is 0 Å². The van der Waals surface area contributed by atoms with E-state index in [1.807, 2.05) is 0 Å². The van der Waals surface area contributed by atoms with E-state index in [2.05, 4.69) is 53.1 Å². The Hall–Kier alpha value is -1.26. The number of carbonyl (C=O) groups excluding carboxylic acids is 4. The van der Waals surface area contributed by atoms with Gasteiger partial charge in [-0.05, 0) is 42.5 Å². The Bertz CT molecular complexity index is 845. The number of nitrogens with zero attached hydrogens (tertiary/aromatic N) is 1. The minimum atomic E-state index is -0.782. The normalized spacial score (nSPS) is 32.4. The van der Waals surface area contributed by atoms with E-state index in [4.69, 9.17) is 4.74 Å². The number of imide groups is 1. The van der Waals surface area contributed by atoms with Gasteiger partial charge in [0.15, 0.2) is 6.61 Å². The van der Waals surface area contributed by atoms with Crippen LogP contribution in [0.15, 0.2) is 28.7 Å². The Morgan fingerprint density at radius 2 is 1.59 bits per heavy atom. The van der Waals surface area contributed by atoms with E-state index < -0.39 is 25.0 Å². The topological polar surface area (TPSA) is 92.8 Å². The van der Waals surface area contributed by atoms with Crippen molar-refractivity contribution in [3.05, 3.63) is 28.7 Å². The van der Waals surface area contributed by atoms with Crippen LogP contribution < -0.4 is 5.32 Å². The van der Waals surface area contributed by atoms with Gasteiger partial charge in [-0.1, -0.05) is 47.8 Å². The molecule has 0 spiro atoms. The highest BCUT2D eigenvalue weighted by atomic mass is 79.9. The number of alkyl halides is 2. The first-order valence-electron chi connectivity index (χ1n) is 9.12. The second-order valence-electron chi connectivity index (χ2n) is 7.48. The number of amides is 3. The average molecular weight is 593 g/mol. The van der Waals surface area contributed by atoms with Crippen LogP contribution in [0.1, 0.15) is 6.42 Å². The third-order valence-electron chi connectivity index (χ3n) is 5.86. The summed E-state index contributed by atoms with van der Waals surface area (Å²) in [6, 6.07) is 6.94. The van der Waals surface area contributed by atoms with Crippen molar-refractivity contribution in [3.63, 3.8) is 0 Å². The van der Waals surface area contributed by atoms with Gasteiger partial charge in [0.1, 0.15) is 6.54 Å². The Balaban J connectivity index is 1.31. The van der Waals surface area contributed by atoms with Gasteiger partial charge >= 0.3 is 5.97 Å². The molecule has 1 aliphatic heterocycles. The van der Waals surface area contributed by atoms with E-state index in [1.165, 1.54) is 0 Å². The smallest absolute Gasteiger partial charge is 0.326 e. The molecular weight excluding hydrogens is 576 g/mol. The zero-order valence-electron chi connectivity index (χ0n) is 15.0. The van der Waals surface area contributed by atoms with Gasteiger partial charge in [0.05, 0.1) is 11.8 Å². The summed E-state index contributed by atoms with van der Waals surface area (Å²) < 4.78 is 5.84. The summed E-state index contributed by atoms with van der Waals surface area (Å²) in [4.78, 5) is 50.9. The molecule has 1 heterocycles. The SMILES string of the molecule is O=C(COC(=O)CN1C(=O)[C@@H]2[C@H]3C[C@@H]([C@H](Br)[C@H]3Br)[C@H]2C1=O)Nc1ccc(Br)cc1. The highest BCUT2D eigenvalue weighted by molar-refractivity contribution is 9.12. The van der Waals surface area contributed by atoms with Gasteiger partial charge in [0.2, 0.25) is 11.8 Å². The molecule has 10 heteroatoms. The van der Waals surface area contributed by atoms with Crippen LogP contribution in [0.3, 0.4) is 0 Å². The minimum Gasteiger partial charge on any atom is -0.454 e. The van der Waals surface area contributed by atoms with E-state index in [1.54, 1.807) is 24.3 Å². The molecular formula is C19H17Br3N2O5. The van der Waals surface area contributed by atoms with Crippen LogP contribution in [0.5, 0.6) is 0 Å². The predicted octanol–water partition coefficient (Wildman–Crippen LogP) is 2.71. The third-order valence-corrected chi connectivity index (χ3v) is 9.59. The Morgan fingerprint density at radius 1 is 1.03 bits per heavy atom. The van der Waals surface area contributed by atoms with Gasteiger partial charge < -0.3 is 10.1 Å². The fraction of sp³-hybridized carbons (Fsp3) is 0.474. The molecule has 4 rings (SSSR count). The summed E-state index contributed by atoms with van der Waals surface area (Å²) >= 11 is 10.5. The van der Waals surface area contributed by atoms with Gasteiger partial charge in [-0.25, -0.2) is 0 Å². The lowest BCUT2D eigenvalue weighted by atomic mass is 9.81. The van der Waals surface area contributed by atoms with Crippen LogP contribution in [-0.4, -0.2) is 51.4 Å². The molecule has 1 aromatic carbocycles. The van der Waals surface area contributed by atoms with Crippen LogP contribution in [0.2, 0.25) is 0 Å². The minimum absolute atomic E-state index is 0.0866. The van der Waals surface area contributed by atoms with Gasteiger partial charge in [-0.15, -0.1) is 0 Å². The number of ether oxygens (including phenoxy) is 1. The van der Waals surface area contributed by atoms with E-state index >= 15 is 0 Å². The quantitative estimate of drug-likeness (QED) is 0.323. The van der Waals surface area contributed by atoms with Crippen molar-refractivity contribution in [1.82, 2.24) is 4.90 Å². The number of hydrogen-bond donors (Lipinski definition) is 1. The maximum absolute atomic E-state index is 12.8. The Kier molecular flexibility index (Phi) is 5.87. The Labute approximate surface area is 192 Å². The van der Waals surface area contributed by atoms with Crippen molar-refractivity contribution in [3.8, 4) is 0 Å². The summed E-state index contributed by atoms with van der Waals surface area (Å²) in [6.45, 7) is -0.953. The molecule has 3 aliphatic rings. The number of esters is 1. The van der Waals surface area contributed by atoms with Gasteiger partial charge in [0.25, 0.3) is 5.91 Å². The molecule has 3 amide bonds. The highest BCUT2D eigenvalue weighted by Gasteiger charge is 2.66. The molecule has 29 heavy (non-hydrogen) atoms. The molecule has 0 radical (unpaired) electrons. The number of nitrogens with one attached hydrogen (secondary N) is 1. The number of anilines is 1. The summed E-state index contributed by atoms with van der Waals surface area (Å²) in [6.07, 6.45) is 0.827. The summed E-state index contributed by atoms with van der Waals surface area (Å²) in [7, 11) is 0. The number of carbonyl (C=O) groups is 4. The molecule has 7 nitrogen and oxygen atoms in total. The predicted molar refractivity (Wildman–Crippen MR) is 114 cm³/mol. The number of hydrogen-bond acceptors (Lipinski definition) is 5. The maximum Gasteiger partial charge on any atom is 0.326 e. The van der Waals surface area contributed by atoms with Crippen molar-refractivity contribution in [2.24, 2.45) is 23.7 Å². The van der Waals surface area contributed by atoms with E-state index in [9.17, 15) is 19.2 Å². The number of halogens is 3. The van der Waals surface area contributed by atoms with Crippen molar-refractivity contribution in [2.45, 2.75) is 16.1 Å². The lowest BCUT2D eigenvalue weighted by molar-refractivity contribution is -0.154. The fourth-order valence-corrected chi connectivity index (χ4v) is 6.76. The first kappa shape index (κ1) is 21.0. The van der Waals surface area contributed by atoms with Crippen molar-refractivity contribution in [2.75, 3.05) is 18.5 Å². The number of benzene rings is 1. The van der Waals surface area contributed by atoms with E-state index in [0.29, 0.717) is 5.69 Å². The number of likely N-dealkylation sites (tertiary alicyclic amines) is 1. The second-order valence-corrected chi connectivity index (χ2v) is 10.5. The second kappa shape index (κ2) is 8.11. The summed E-state index contributed by atoms with van der Waals surface area (Å²) in [5.41, 5.74) is 0.566. The average Bonchev–Trinajstić information content (AvgIpc) is 3.29. The zero-order chi connectivity index (χ0) is 20.9. The molecule has 0 aromatic heterocycles. The standard InChI is InChI=1S/C19H17Br3N2O5/c20-8-1-3-9(4-2-8)23-12(25)7-29-13(26)6-24-18(27)14-10-5-11(15(14)19(24)28)17(22)16(10)21/h1-4,10-11,14-17H,5-7H2,(H,23,25)/t10-,11-,14-,15-,16+,17+/m1/s1. The largest absolute Gasteiger partial charge is 0.454 e. The molecule has 3 fully saturated rings. The van der Waals surface area contributed by atoms with E-state index in [0.717, 1.165) is 15.8 Å². The molecule has 2 bridgehead atoms. The zero-order valence-corrected chi connectivity index (χ0v) is 19.8. The first-order valence-corrected chi connectivity index (χ1v) is 11.7. The van der Waals surface area contributed by atoms with Crippen molar-refractivity contribution >= 4 is 77.2 Å². The lowest BCUT2D eigenvalue weighted by Gasteiger charge is -2.28. The highest BCUT2D eigenvalue weighted by Crippen LogP contribution is 2.60. The molecule has 2 aliphatic carbocycles. The van der Waals surface area contributed by atoms with Gasteiger partial charge in [0, 0.05) is 19.8 Å². The molecule has 1 N–H and O–H groups in total. The monoisotopic (exact) mass is 590 g/mol. The molecule has 0 unspecified atom stereocenters. The summed E-state index contributed by atoms with van der Waals surface area (Å²) in [5.74, 6) is -2.49. The number of rotatable bonds is 5. The molecule has 154 valence electrons. The maximum atomic E-state index is 12.8. The van der Waals surface area contributed by atoms with Crippen molar-refractivity contribution < 1.29 is 23.9 Å². The van der Waals surface area contributed by atoms with Gasteiger partial charge in [-0.3, -0.25) is 24.1 Å². The van der Waals surface area contributed by atoms with Gasteiger partial charge in [-0.2, -0.15) is 0 Å². The van der Waals surface area contributed by atoms with E-state index in [-0.39, 0.29) is 45.1 Å². The van der Waals surface area contributed by atoms with Crippen LogP contribution in [-0.2, 0) is 23.9 Å². The molecule has 6 atom stereocenters. The summed E-state index contributed by atoms with van der Waals surface area (Å²) in [5, 5.41) is 2.60.